The van der Waals surface area contributed by atoms with Crippen LogP contribution in [0.1, 0.15) is 30.1 Å². The molecule has 0 saturated heterocycles. The number of rotatable bonds is 3. The molecule has 1 fully saturated rings. The van der Waals surface area contributed by atoms with Crippen molar-refractivity contribution < 1.29 is 13.2 Å². The van der Waals surface area contributed by atoms with Crippen LogP contribution < -0.4 is 11.1 Å². The maximum Gasteiger partial charge on any atom is 0.152 e. The summed E-state index contributed by atoms with van der Waals surface area (Å²) >= 11 is 0. The smallest absolute Gasteiger partial charge is 0.152 e. The molecule has 110 valence electrons. The van der Waals surface area contributed by atoms with Crippen molar-refractivity contribution in [3.63, 3.8) is 0 Å². The molecule has 0 atom stereocenters. The number of nitrogens with zero attached hydrogens (tertiary/aromatic N) is 2. The minimum atomic E-state index is -1.03. The zero-order valence-corrected chi connectivity index (χ0v) is 11.3. The number of hydrogen-bond acceptors (Lipinski definition) is 4. The second kappa shape index (κ2) is 4.91. The monoisotopic (exact) mass is 294 g/mol. The summed E-state index contributed by atoms with van der Waals surface area (Å²) in [6.45, 7) is 1.65. The molecule has 1 heterocycles. The molecule has 1 aromatic heterocycles. The number of benzene rings is 1. The van der Waals surface area contributed by atoms with Crippen molar-refractivity contribution in [3.8, 4) is 0 Å². The van der Waals surface area contributed by atoms with E-state index in [1.54, 1.807) is 6.92 Å². The van der Waals surface area contributed by atoms with E-state index in [0.29, 0.717) is 23.5 Å². The lowest BCUT2D eigenvalue weighted by Crippen LogP contribution is -2.08. The Kier molecular flexibility index (Phi) is 3.19. The average Bonchev–Trinajstić information content (AvgIpc) is 3.22. The molecule has 0 aliphatic heterocycles. The van der Waals surface area contributed by atoms with Gasteiger partial charge in [0.2, 0.25) is 0 Å². The van der Waals surface area contributed by atoms with Crippen LogP contribution in [0.4, 0.5) is 30.5 Å². The summed E-state index contributed by atoms with van der Waals surface area (Å²) in [6, 6.07) is 1.21. The Bertz CT molecular complexity index is 691. The fourth-order valence-electron chi connectivity index (χ4n) is 1.98. The largest absolute Gasteiger partial charge is 0.383 e. The van der Waals surface area contributed by atoms with Gasteiger partial charge in [-0.2, -0.15) is 0 Å². The van der Waals surface area contributed by atoms with E-state index in [0.717, 1.165) is 12.8 Å². The van der Waals surface area contributed by atoms with E-state index in [1.807, 2.05) is 0 Å². The molecule has 7 heteroatoms. The molecular weight excluding hydrogens is 281 g/mol. The van der Waals surface area contributed by atoms with E-state index in [1.165, 1.54) is 0 Å². The van der Waals surface area contributed by atoms with Gasteiger partial charge in [-0.25, -0.2) is 23.1 Å². The summed E-state index contributed by atoms with van der Waals surface area (Å²) in [5, 5.41) is 2.55. The lowest BCUT2D eigenvalue weighted by Gasteiger charge is -2.13. The summed E-state index contributed by atoms with van der Waals surface area (Å²) in [6.07, 6.45) is 1.95. The molecule has 3 N–H and O–H groups in total. The normalized spacial score (nSPS) is 14.3. The molecule has 1 saturated carbocycles. The van der Waals surface area contributed by atoms with Crippen LogP contribution in [-0.2, 0) is 0 Å². The Morgan fingerprint density at radius 1 is 1.14 bits per heavy atom. The van der Waals surface area contributed by atoms with Crippen molar-refractivity contribution in [1.29, 1.82) is 0 Å². The Morgan fingerprint density at radius 2 is 1.76 bits per heavy atom. The predicted molar refractivity (Wildman–Crippen MR) is 72.8 cm³/mol. The van der Waals surface area contributed by atoms with Crippen molar-refractivity contribution in [2.75, 3.05) is 11.1 Å². The van der Waals surface area contributed by atoms with Crippen LogP contribution in [0.2, 0.25) is 0 Å². The van der Waals surface area contributed by atoms with Gasteiger partial charge < -0.3 is 11.1 Å². The lowest BCUT2D eigenvalue weighted by atomic mass is 10.2. The first-order valence-corrected chi connectivity index (χ1v) is 6.51. The number of aromatic nitrogens is 2. The van der Waals surface area contributed by atoms with E-state index in [-0.39, 0.29) is 17.6 Å². The zero-order chi connectivity index (χ0) is 15.1. The predicted octanol–water partition coefficient (Wildman–Crippen LogP) is 3.41. The number of nitrogens with one attached hydrogen (secondary N) is 1. The highest BCUT2D eigenvalue weighted by atomic mass is 19.1. The second-order valence-electron chi connectivity index (χ2n) is 5.08. The van der Waals surface area contributed by atoms with Crippen LogP contribution in [0.15, 0.2) is 12.1 Å². The topological polar surface area (TPSA) is 63.8 Å². The highest BCUT2D eigenvalue weighted by Crippen LogP contribution is 2.39. The van der Waals surface area contributed by atoms with Gasteiger partial charge in [0, 0.05) is 23.6 Å². The van der Waals surface area contributed by atoms with Crippen LogP contribution >= 0.6 is 0 Å². The minimum Gasteiger partial charge on any atom is -0.383 e. The Morgan fingerprint density at radius 3 is 2.33 bits per heavy atom. The van der Waals surface area contributed by atoms with Crippen LogP contribution in [0.3, 0.4) is 0 Å². The maximum atomic E-state index is 13.7. The number of halogens is 3. The van der Waals surface area contributed by atoms with Crippen LogP contribution in [0, 0.1) is 24.4 Å². The Labute approximate surface area is 119 Å². The molecule has 4 nitrogen and oxygen atoms in total. The maximum absolute atomic E-state index is 13.7. The summed E-state index contributed by atoms with van der Waals surface area (Å²) in [5.74, 6) is -1.74. The molecule has 0 spiro atoms. The van der Waals surface area contributed by atoms with Crippen molar-refractivity contribution in [3.05, 3.63) is 41.0 Å². The lowest BCUT2D eigenvalue weighted by molar-refractivity contribution is 0.548. The zero-order valence-electron chi connectivity index (χ0n) is 11.3. The van der Waals surface area contributed by atoms with Gasteiger partial charge in [0.05, 0.1) is 0 Å². The molecule has 0 radical (unpaired) electrons. The number of anilines is 3. The number of hydrogen-bond donors (Lipinski definition) is 2. The summed E-state index contributed by atoms with van der Waals surface area (Å²) < 4.78 is 40.3. The Hall–Kier alpha value is -2.31. The molecule has 1 aliphatic carbocycles. The molecule has 1 aliphatic rings. The van der Waals surface area contributed by atoms with E-state index < -0.39 is 23.1 Å². The SMILES string of the molecule is Cc1c(N)nc(C2CC2)nc1Nc1c(F)cc(F)cc1F. The fraction of sp³-hybridized carbons (Fsp3) is 0.286. The van der Waals surface area contributed by atoms with Crippen LogP contribution in [-0.4, -0.2) is 9.97 Å². The summed E-state index contributed by atoms with van der Waals surface area (Å²) in [7, 11) is 0. The minimum absolute atomic E-state index is 0.230. The van der Waals surface area contributed by atoms with Gasteiger partial charge in [0.15, 0.2) is 11.6 Å². The number of nitrogen functional groups attached to an aromatic ring is 1. The Balaban J connectivity index is 2.02. The third-order valence-electron chi connectivity index (χ3n) is 3.39. The molecule has 3 rings (SSSR count). The van der Waals surface area contributed by atoms with Gasteiger partial charge in [-0.1, -0.05) is 0 Å². The first kappa shape index (κ1) is 13.7. The third kappa shape index (κ3) is 2.63. The van der Waals surface area contributed by atoms with Gasteiger partial charge in [-0.3, -0.25) is 0 Å². The quantitative estimate of drug-likeness (QED) is 0.910. The van der Waals surface area contributed by atoms with Gasteiger partial charge in [0.25, 0.3) is 0 Å². The first-order valence-electron chi connectivity index (χ1n) is 6.51. The fourth-order valence-corrected chi connectivity index (χ4v) is 1.98. The second-order valence-corrected chi connectivity index (χ2v) is 5.08. The average molecular weight is 294 g/mol. The van der Waals surface area contributed by atoms with Crippen molar-refractivity contribution in [2.24, 2.45) is 0 Å². The van der Waals surface area contributed by atoms with E-state index >= 15 is 0 Å². The van der Waals surface area contributed by atoms with E-state index in [9.17, 15) is 13.2 Å². The summed E-state index contributed by atoms with van der Waals surface area (Å²) in [4.78, 5) is 8.44. The molecule has 0 bridgehead atoms. The standard InChI is InChI=1S/C14H13F3N4/c1-6-12(18)20-14(7-2-3-7)21-13(6)19-11-9(16)4-8(15)5-10(11)17/h4-5,7H,2-3H2,1H3,(H3,18,19,20,21). The summed E-state index contributed by atoms with van der Waals surface area (Å²) in [5.41, 5.74) is 5.83. The molecule has 0 amide bonds. The van der Waals surface area contributed by atoms with Gasteiger partial charge in [-0.15, -0.1) is 0 Å². The van der Waals surface area contributed by atoms with Gasteiger partial charge in [-0.05, 0) is 19.8 Å². The van der Waals surface area contributed by atoms with Crippen LogP contribution in [0.5, 0.6) is 0 Å². The van der Waals surface area contributed by atoms with Gasteiger partial charge in [0.1, 0.15) is 29.0 Å². The molecule has 1 aromatic carbocycles. The van der Waals surface area contributed by atoms with Crippen LogP contribution in [0.25, 0.3) is 0 Å². The highest BCUT2D eigenvalue weighted by molar-refractivity contribution is 5.64. The van der Waals surface area contributed by atoms with Crippen molar-refractivity contribution in [1.82, 2.24) is 9.97 Å². The molecular formula is C14H13F3N4. The first-order chi connectivity index (χ1) is 9.95. The number of nitrogens with two attached hydrogens (primary N) is 1. The van der Waals surface area contributed by atoms with Crippen molar-refractivity contribution in [2.45, 2.75) is 25.7 Å². The van der Waals surface area contributed by atoms with E-state index in [2.05, 4.69) is 15.3 Å². The molecule has 2 aromatic rings. The highest BCUT2D eigenvalue weighted by Gasteiger charge is 2.28. The van der Waals surface area contributed by atoms with E-state index in [4.69, 9.17) is 5.73 Å². The third-order valence-corrected chi connectivity index (χ3v) is 3.39. The van der Waals surface area contributed by atoms with Crippen molar-refractivity contribution >= 4 is 17.3 Å². The molecule has 21 heavy (non-hydrogen) atoms. The molecule has 0 unspecified atom stereocenters. The van der Waals surface area contributed by atoms with Gasteiger partial charge >= 0.3 is 0 Å².